The van der Waals surface area contributed by atoms with Gasteiger partial charge in [0.2, 0.25) is 5.43 Å². The molecule has 0 aliphatic carbocycles. The smallest absolute Gasteiger partial charge is 0.312 e. The van der Waals surface area contributed by atoms with Crippen LogP contribution in [-0.2, 0) is 4.79 Å². The summed E-state index contributed by atoms with van der Waals surface area (Å²) in [6.07, 6.45) is 3.04. The normalized spacial score (nSPS) is 15.7. The molecule has 0 fully saturated rings. The van der Waals surface area contributed by atoms with E-state index in [0.717, 1.165) is 5.69 Å². The van der Waals surface area contributed by atoms with Gasteiger partial charge in [-0.05, 0) is 37.6 Å². The van der Waals surface area contributed by atoms with E-state index in [1.807, 2.05) is 24.6 Å². The molecule has 1 atom stereocenters. The Bertz CT molecular complexity index is 1420. The minimum absolute atomic E-state index is 0.00730. The highest BCUT2D eigenvalue weighted by Gasteiger charge is 2.35. The fourth-order valence-electron chi connectivity index (χ4n) is 4.26. The number of phenols is 2. The summed E-state index contributed by atoms with van der Waals surface area (Å²) in [5.41, 5.74) is 1.83. The van der Waals surface area contributed by atoms with Gasteiger partial charge in [-0.1, -0.05) is 12.1 Å². The second kappa shape index (κ2) is 7.26. The molecule has 2 aromatic heterocycles. The lowest BCUT2D eigenvalue weighted by molar-refractivity contribution is -0.135. The van der Waals surface area contributed by atoms with Crippen molar-refractivity contribution >= 4 is 16.9 Å². The number of aromatic hydroxyl groups is 2. The Kier molecular flexibility index (Phi) is 4.51. The second-order valence-electron chi connectivity index (χ2n) is 8.06. The SMILES string of the molecule is CC(C)n1nccc1[C@@H]1CC(=O)Oc2cc(O)c3c(=O)c(-c4ccc(O)cc4)coc3c21. The van der Waals surface area contributed by atoms with E-state index in [1.165, 1.54) is 24.5 Å². The molecular formula is C24H20N2O6. The highest BCUT2D eigenvalue weighted by molar-refractivity contribution is 5.94. The van der Waals surface area contributed by atoms with Crippen molar-refractivity contribution < 1.29 is 24.2 Å². The Morgan fingerprint density at radius 3 is 2.59 bits per heavy atom. The summed E-state index contributed by atoms with van der Waals surface area (Å²) in [4.78, 5) is 25.7. The predicted octanol–water partition coefficient (Wildman–Crippen LogP) is 4.09. The van der Waals surface area contributed by atoms with Crippen molar-refractivity contribution in [2.24, 2.45) is 0 Å². The molecule has 0 radical (unpaired) electrons. The van der Waals surface area contributed by atoms with Crippen molar-refractivity contribution in [1.82, 2.24) is 9.78 Å². The largest absolute Gasteiger partial charge is 0.508 e. The Labute approximate surface area is 182 Å². The first-order valence-electron chi connectivity index (χ1n) is 10.2. The van der Waals surface area contributed by atoms with E-state index in [-0.39, 0.29) is 46.2 Å². The number of ether oxygens (including phenoxy) is 1. The average Bonchev–Trinajstić information content (AvgIpc) is 3.24. The molecule has 5 rings (SSSR count). The van der Waals surface area contributed by atoms with Gasteiger partial charge in [0.05, 0.1) is 12.0 Å². The molecule has 32 heavy (non-hydrogen) atoms. The van der Waals surface area contributed by atoms with Crippen LogP contribution in [-0.4, -0.2) is 26.0 Å². The van der Waals surface area contributed by atoms with Crippen LogP contribution in [0.1, 0.15) is 43.5 Å². The van der Waals surface area contributed by atoms with Crippen LogP contribution >= 0.6 is 0 Å². The first kappa shape index (κ1) is 19.9. The molecule has 3 heterocycles. The maximum Gasteiger partial charge on any atom is 0.312 e. The number of esters is 1. The molecule has 2 aromatic carbocycles. The topological polar surface area (TPSA) is 115 Å². The monoisotopic (exact) mass is 432 g/mol. The standard InChI is InChI=1S/C24H20N2O6/c1-12(2)26-17(7-8-25-26)15-9-20(29)32-19-10-18(28)22-23(30)16(11-31-24(22)21(15)19)13-3-5-14(27)6-4-13/h3-8,10-12,15,27-28H,9H2,1-2H3/t15-/m0/s1. The minimum Gasteiger partial charge on any atom is -0.508 e. The van der Waals surface area contributed by atoms with E-state index in [9.17, 15) is 19.8 Å². The maximum atomic E-state index is 13.3. The fraction of sp³-hybridized carbons (Fsp3) is 0.208. The zero-order valence-electron chi connectivity index (χ0n) is 17.4. The van der Waals surface area contributed by atoms with Crippen LogP contribution in [0.25, 0.3) is 22.1 Å². The van der Waals surface area contributed by atoms with Gasteiger partial charge >= 0.3 is 5.97 Å². The summed E-state index contributed by atoms with van der Waals surface area (Å²) >= 11 is 0. The molecule has 0 bridgehead atoms. The van der Waals surface area contributed by atoms with Gasteiger partial charge in [0.1, 0.15) is 34.5 Å². The van der Waals surface area contributed by atoms with E-state index in [1.54, 1.807) is 18.3 Å². The van der Waals surface area contributed by atoms with Crippen molar-refractivity contribution in [2.45, 2.75) is 32.2 Å². The summed E-state index contributed by atoms with van der Waals surface area (Å²) in [6.45, 7) is 3.97. The minimum atomic E-state index is -0.457. The van der Waals surface area contributed by atoms with Gasteiger partial charge in [-0.15, -0.1) is 0 Å². The Morgan fingerprint density at radius 1 is 1.12 bits per heavy atom. The molecule has 0 saturated heterocycles. The van der Waals surface area contributed by atoms with E-state index >= 15 is 0 Å². The van der Waals surface area contributed by atoms with Crippen LogP contribution in [0.5, 0.6) is 17.2 Å². The number of rotatable bonds is 3. The van der Waals surface area contributed by atoms with Crippen LogP contribution in [0.15, 0.2) is 58.1 Å². The predicted molar refractivity (Wildman–Crippen MR) is 116 cm³/mol. The molecule has 0 amide bonds. The number of aromatic nitrogens is 2. The van der Waals surface area contributed by atoms with E-state index in [2.05, 4.69) is 5.10 Å². The van der Waals surface area contributed by atoms with Gasteiger partial charge in [-0.25, -0.2) is 0 Å². The number of hydrogen-bond acceptors (Lipinski definition) is 7. The van der Waals surface area contributed by atoms with E-state index in [4.69, 9.17) is 9.15 Å². The fourth-order valence-corrected chi connectivity index (χ4v) is 4.26. The lowest BCUT2D eigenvalue weighted by atomic mass is 9.87. The Hall–Kier alpha value is -4.07. The molecule has 1 aliphatic rings. The molecule has 8 heteroatoms. The first-order valence-corrected chi connectivity index (χ1v) is 10.2. The van der Waals surface area contributed by atoms with Crippen LogP contribution in [0.2, 0.25) is 0 Å². The number of nitrogens with zero attached hydrogens (tertiary/aromatic N) is 2. The third-order valence-corrected chi connectivity index (χ3v) is 5.70. The highest BCUT2D eigenvalue weighted by Crippen LogP contribution is 2.45. The zero-order valence-corrected chi connectivity index (χ0v) is 17.4. The van der Waals surface area contributed by atoms with Gasteiger partial charge in [-0.2, -0.15) is 5.10 Å². The number of carbonyl (C=O) groups is 1. The van der Waals surface area contributed by atoms with Crippen LogP contribution in [0, 0.1) is 0 Å². The quantitative estimate of drug-likeness (QED) is 0.370. The van der Waals surface area contributed by atoms with Crippen molar-refractivity contribution in [3.05, 3.63) is 70.3 Å². The molecule has 4 aromatic rings. The van der Waals surface area contributed by atoms with E-state index < -0.39 is 17.3 Å². The lowest BCUT2D eigenvalue weighted by Crippen LogP contribution is -2.24. The van der Waals surface area contributed by atoms with Gasteiger partial charge in [0.15, 0.2) is 0 Å². The number of benzene rings is 2. The molecule has 162 valence electrons. The number of fused-ring (bicyclic) bond motifs is 3. The van der Waals surface area contributed by atoms with Gasteiger partial charge in [0.25, 0.3) is 0 Å². The highest BCUT2D eigenvalue weighted by atomic mass is 16.5. The van der Waals surface area contributed by atoms with Crippen LogP contribution in [0.4, 0.5) is 0 Å². The van der Waals surface area contributed by atoms with Gasteiger partial charge < -0.3 is 19.4 Å². The molecule has 1 aliphatic heterocycles. The molecule has 8 nitrogen and oxygen atoms in total. The second-order valence-corrected chi connectivity index (χ2v) is 8.06. The molecular weight excluding hydrogens is 412 g/mol. The van der Waals surface area contributed by atoms with Gasteiger partial charge in [-0.3, -0.25) is 14.3 Å². The number of carbonyl (C=O) groups excluding carboxylic acids is 1. The Balaban J connectivity index is 1.78. The molecule has 0 saturated carbocycles. The molecule has 0 spiro atoms. The first-order chi connectivity index (χ1) is 15.3. The number of phenolic OH excluding ortho intramolecular Hbond substituents is 2. The lowest BCUT2D eigenvalue weighted by Gasteiger charge is -2.27. The third-order valence-electron chi connectivity index (χ3n) is 5.70. The van der Waals surface area contributed by atoms with Crippen molar-refractivity contribution in [3.63, 3.8) is 0 Å². The summed E-state index contributed by atoms with van der Waals surface area (Å²) in [6, 6.07) is 9.29. The molecule has 2 N–H and O–H groups in total. The van der Waals surface area contributed by atoms with Crippen molar-refractivity contribution in [1.29, 1.82) is 0 Å². The van der Waals surface area contributed by atoms with E-state index in [0.29, 0.717) is 11.1 Å². The van der Waals surface area contributed by atoms with Crippen LogP contribution < -0.4 is 10.2 Å². The Morgan fingerprint density at radius 2 is 1.88 bits per heavy atom. The summed E-state index contributed by atoms with van der Waals surface area (Å²) in [7, 11) is 0. The zero-order chi connectivity index (χ0) is 22.6. The summed E-state index contributed by atoms with van der Waals surface area (Å²) in [5, 5.41) is 24.6. The van der Waals surface area contributed by atoms with Crippen molar-refractivity contribution in [3.8, 4) is 28.4 Å². The van der Waals surface area contributed by atoms with Gasteiger partial charge in [0, 0.05) is 35.5 Å². The van der Waals surface area contributed by atoms with Crippen molar-refractivity contribution in [2.75, 3.05) is 0 Å². The molecule has 0 unspecified atom stereocenters. The third kappa shape index (κ3) is 3.03. The van der Waals surface area contributed by atoms with Crippen LogP contribution in [0.3, 0.4) is 0 Å². The summed E-state index contributed by atoms with van der Waals surface area (Å²) < 4.78 is 13.1. The maximum absolute atomic E-state index is 13.3. The summed E-state index contributed by atoms with van der Waals surface area (Å²) in [5.74, 6) is -1.00. The number of hydrogen-bond donors (Lipinski definition) is 2. The average molecular weight is 432 g/mol.